The third-order valence-electron chi connectivity index (χ3n) is 6.70. The second-order valence-electron chi connectivity index (χ2n) is 8.95. The van der Waals surface area contributed by atoms with Crippen LogP contribution in [0.5, 0.6) is 5.75 Å². The van der Waals surface area contributed by atoms with Crippen LogP contribution in [0.3, 0.4) is 0 Å². The van der Waals surface area contributed by atoms with Crippen LogP contribution in [0, 0.1) is 0 Å². The number of primary amides is 1. The molecule has 1 saturated heterocycles. The Morgan fingerprint density at radius 3 is 2.49 bits per heavy atom. The first-order valence-electron chi connectivity index (χ1n) is 12.1. The van der Waals surface area contributed by atoms with E-state index in [1.807, 2.05) is 24.3 Å². The molecule has 2 amide bonds. The van der Waals surface area contributed by atoms with Crippen molar-refractivity contribution in [1.29, 1.82) is 0 Å². The molecule has 0 bridgehead atoms. The van der Waals surface area contributed by atoms with Crippen molar-refractivity contribution in [1.82, 2.24) is 10.2 Å². The SMILES string of the molecule is COCCN1CCC(C(N)=O)(S(=O)(=O)c2ccc(OCCNC(=O)C3Nc4ccccc4S3)cc2)CC1. The maximum atomic E-state index is 13.5. The zero-order valence-electron chi connectivity index (χ0n) is 20.6. The van der Waals surface area contributed by atoms with Crippen molar-refractivity contribution in [3.63, 3.8) is 0 Å². The molecule has 10 nitrogen and oxygen atoms in total. The van der Waals surface area contributed by atoms with Gasteiger partial charge in [-0.05, 0) is 49.2 Å². The summed E-state index contributed by atoms with van der Waals surface area (Å²) in [4.78, 5) is 28.0. The third-order valence-corrected chi connectivity index (χ3v) is 10.4. The van der Waals surface area contributed by atoms with Gasteiger partial charge >= 0.3 is 0 Å². The van der Waals surface area contributed by atoms with Gasteiger partial charge in [0.2, 0.25) is 5.91 Å². The molecule has 4 rings (SSSR count). The number of sulfone groups is 1. The predicted octanol–water partition coefficient (Wildman–Crippen LogP) is 1.47. The molecular weight excluding hydrogens is 516 g/mol. The molecule has 0 saturated carbocycles. The van der Waals surface area contributed by atoms with Gasteiger partial charge in [-0.3, -0.25) is 9.59 Å². The minimum Gasteiger partial charge on any atom is -0.492 e. The van der Waals surface area contributed by atoms with Gasteiger partial charge in [0.1, 0.15) is 12.4 Å². The van der Waals surface area contributed by atoms with Crippen molar-refractivity contribution in [2.24, 2.45) is 5.73 Å². The van der Waals surface area contributed by atoms with E-state index in [1.165, 1.54) is 23.9 Å². The van der Waals surface area contributed by atoms with Crippen molar-refractivity contribution >= 4 is 39.1 Å². The van der Waals surface area contributed by atoms with Gasteiger partial charge in [0.25, 0.3) is 5.91 Å². The number of thioether (sulfide) groups is 1. The highest BCUT2D eigenvalue weighted by Gasteiger charge is 2.51. The van der Waals surface area contributed by atoms with Crippen LogP contribution in [-0.2, 0) is 24.2 Å². The lowest BCUT2D eigenvalue weighted by Crippen LogP contribution is -2.57. The Hall–Kier alpha value is -2.80. The number of para-hydroxylation sites is 1. The topological polar surface area (TPSA) is 140 Å². The summed E-state index contributed by atoms with van der Waals surface area (Å²) in [6.45, 7) is 2.59. The Bertz CT molecular complexity index is 1190. The van der Waals surface area contributed by atoms with Crippen molar-refractivity contribution in [3.8, 4) is 5.75 Å². The lowest BCUT2D eigenvalue weighted by Gasteiger charge is -2.38. The van der Waals surface area contributed by atoms with Gasteiger partial charge in [-0.2, -0.15) is 0 Å². The fraction of sp³-hybridized carbons (Fsp3) is 0.440. The number of benzene rings is 2. The Morgan fingerprint density at radius 2 is 1.84 bits per heavy atom. The van der Waals surface area contributed by atoms with Crippen molar-refractivity contribution < 1.29 is 27.5 Å². The van der Waals surface area contributed by atoms with Gasteiger partial charge in [0.15, 0.2) is 20.0 Å². The lowest BCUT2D eigenvalue weighted by molar-refractivity contribution is -0.122. The van der Waals surface area contributed by atoms with E-state index in [-0.39, 0.29) is 30.3 Å². The number of ether oxygens (including phenoxy) is 2. The Kier molecular flexibility index (Phi) is 8.63. The first-order valence-corrected chi connectivity index (χ1v) is 14.4. The number of hydrogen-bond acceptors (Lipinski definition) is 9. The van der Waals surface area contributed by atoms with E-state index in [4.69, 9.17) is 15.2 Å². The third kappa shape index (κ3) is 5.87. The molecule has 2 aliphatic rings. The molecule has 2 heterocycles. The molecule has 1 fully saturated rings. The molecule has 2 aromatic rings. The molecule has 0 radical (unpaired) electrons. The maximum absolute atomic E-state index is 13.5. The Morgan fingerprint density at radius 1 is 1.14 bits per heavy atom. The van der Waals surface area contributed by atoms with E-state index < -0.39 is 25.9 Å². The normalized spacial score (nSPS) is 19.0. The highest BCUT2D eigenvalue weighted by Crippen LogP contribution is 2.38. The van der Waals surface area contributed by atoms with Gasteiger partial charge in [0.05, 0.1) is 18.0 Å². The number of amides is 2. The highest BCUT2D eigenvalue weighted by molar-refractivity contribution is 8.01. The number of anilines is 1. The van der Waals surface area contributed by atoms with Crippen LogP contribution in [0.25, 0.3) is 0 Å². The summed E-state index contributed by atoms with van der Waals surface area (Å²) in [5.41, 5.74) is 6.59. The summed E-state index contributed by atoms with van der Waals surface area (Å²) in [6, 6.07) is 13.7. The minimum absolute atomic E-state index is 0.0289. The van der Waals surface area contributed by atoms with E-state index in [9.17, 15) is 18.0 Å². The zero-order chi connectivity index (χ0) is 26.5. The molecule has 200 valence electrons. The number of nitrogens with one attached hydrogen (secondary N) is 2. The monoisotopic (exact) mass is 548 g/mol. The van der Waals surface area contributed by atoms with E-state index in [0.29, 0.717) is 38.5 Å². The smallest absolute Gasteiger partial charge is 0.253 e. The summed E-state index contributed by atoms with van der Waals surface area (Å²) in [5.74, 6) is -0.513. The molecule has 0 aliphatic carbocycles. The first-order chi connectivity index (χ1) is 17.8. The van der Waals surface area contributed by atoms with E-state index >= 15 is 0 Å². The number of fused-ring (bicyclic) bond motifs is 1. The quantitative estimate of drug-likeness (QED) is 0.356. The number of carbonyl (C=O) groups is 2. The van der Waals surface area contributed by atoms with Gasteiger partial charge < -0.3 is 30.7 Å². The van der Waals surface area contributed by atoms with Crippen LogP contribution < -0.4 is 21.1 Å². The summed E-state index contributed by atoms with van der Waals surface area (Å²) < 4.78 is 36.1. The number of nitrogens with two attached hydrogens (primary N) is 1. The Labute approximate surface area is 221 Å². The second kappa shape index (κ2) is 11.7. The van der Waals surface area contributed by atoms with Crippen LogP contribution in [0.1, 0.15) is 12.8 Å². The average molecular weight is 549 g/mol. The molecule has 2 aliphatic heterocycles. The van der Waals surface area contributed by atoms with E-state index in [2.05, 4.69) is 15.5 Å². The summed E-state index contributed by atoms with van der Waals surface area (Å²) in [6.07, 6.45) is 0.261. The number of nitrogens with zero attached hydrogens (tertiary/aromatic N) is 1. The molecule has 0 spiro atoms. The summed E-state index contributed by atoms with van der Waals surface area (Å²) >= 11 is 1.46. The lowest BCUT2D eigenvalue weighted by atomic mass is 9.95. The van der Waals surface area contributed by atoms with Gasteiger partial charge in [-0.25, -0.2) is 8.42 Å². The predicted molar refractivity (Wildman–Crippen MR) is 141 cm³/mol. The van der Waals surface area contributed by atoms with Gasteiger partial charge in [-0.1, -0.05) is 23.9 Å². The van der Waals surface area contributed by atoms with Crippen LogP contribution in [-0.4, -0.2) is 81.8 Å². The average Bonchev–Trinajstić information content (AvgIpc) is 3.35. The number of likely N-dealkylation sites (tertiary alicyclic amines) is 1. The van der Waals surface area contributed by atoms with Gasteiger partial charge in [-0.15, -0.1) is 0 Å². The molecule has 1 unspecified atom stereocenters. The Balaban J connectivity index is 1.29. The van der Waals surface area contributed by atoms with Crippen LogP contribution in [0.2, 0.25) is 0 Å². The number of piperidine rings is 1. The standard InChI is InChI=1S/C25H32N4O6S2/c1-34-17-15-29-13-10-25(11-14-29,24(26)31)37(32,33)19-8-6-18(7-9-19)35-16-12-27-22(30)23-28-20-4-2-3-5-21(20)36-23/h2-9,23,28H,10-17H2,1H3,(H2,26,31)(H,27,30). The van der Waals surface area contributed by atoms with E-state index in [1.54, 1.807) is 19.2 Å². The molecule has 1 atom stereocenters. The fourth-order valence-electron chi connectivity index (χ4n) is 4.49. The van der Waals surface area contributed by atoms with Crippen molar-refractivity contribution in [2.45, 2.75) is 32.8 Å². The van der Waals surface area contributed by atoms with Crippen LogP contribution in [0.4, 0.5) is 5.69 Å². The minimum atomic E-state index is -4.01. The highest BCUT2D eigenvalue weighted by atomic mass is 32.2. The maximum Gasteiger partial charge on any atom is 0.253 e. The number of hydrogen-bond donors (Lipinski definition) is 3. The fourth-order valence-corrected chi connectivity index (χ4v) is 7.46. The first kappa shape index (κ1) is 27.2. The number of rotatable bonds is 11. The van der Waals surface area contributed by atoms with E-state index in [0.717, 1.165) is 10.6 Å². The molecular formula is C25H32N4O6S2. The van der Waals surface area contributed by atoms with Crippen LogP contribution >= 0.6 is 11.8 Å². The second-order valence-corrected chi connectivity index (χ2v) is 12.4. The molecule has 37 heavy (non-hydrogen) atoms. The summed E-state index contributed by atoms with van der Waals surface area (Å²) in [7, 11) is -2.40. The summed E-state index contributed by atoms with van der Waals surface area (Å²) in [5, 5.41) is 5.61. The molecule has 4 N–H and O–H groups in total. The van der Waals surface area contributed by atoms with Gasteiger partial charge in [0, 0.05) is 37.3 Å². The largest absolute Gasteiger partial charge is 0.492 e. The molecule has 0 aromatic heterocycles. The number of methoxy groups -OCH3 is 1. The van der Waals surface area contributed by atoms with Crippen molar-refractivity contribution in [2.75, 3.05) is 51.8 Å². The molecule has 2 aromatic carbocycles. The van der Waals surface area contributed by atoms with Crippen molar-refractivity contribution in [3.05, 3.63) is 48.5 Å². The van der Waals surface area contributed by atoms with Crippen LogP contribution in [0.15, 0.2) is 58.3 Å². The zero-order valence-corrected chi connectivity index (χ0v) is 22.3. The number of carbonyl (C=O) groups excluding carboxylic acids is 2. The molecule has 12 heteroatoms.